The van der Waals surface area contributed by atoms with E-state index < -0.39 is 0 Å². The molecule has 1 aromatic heterocycles. The molecule has 0 saturated heterocycles. The van der Waals surface area contributed by atoms with Crippen LogP contribution >= 0.6 is 0 Å². The third kappa shape index (κ3) is 2.76. The van der Waals surface area contributed by atoms with Crippen LogP contribution in [0.4, 0.5) is 4.39 Å². The number of pyridine rings is 1. The van der Waals surface area contributed by atoms with Gasteiger partial charge in [-0.2, -0.15) is 0 Å². The monoisotopic (exact) mass is 343 g/mol. The fourth-order valence-electron chi connectivity index (χ4n) is 3.94. The second-order valence-electron chi connectivity index (χ2n) is 6.76. The van der Waals surface area contributed by atoms with Gasteiger partial charge in [0, 0.05) is 11.1 Å². The molecule has 0 fully saturated rings. The Labute approximate surface area is 154 Å². The Morgan fingerprint density at radius 3 is 2.58 bits per heavy atom. The zero-order valence-electron chi connectivity index (χ0n) is 15.1. The van der Waals surface area contributed by atoms with E-state index in [0.717, 1.165) is 42.5 Å². The largest absolute Gasteiger partial charge is 0.248 e. The van der Waals surface area contributed by atoms with Gasteiger partial charge in [0.05, 0.1) is 11.4 Å². The summed E-state index contributed by atoms with van der Waals surface area (Å²) in [6.45, 7) is 5.93. The quantitative estimate of drug-likeness (QED) is 0.546. The second kappa shape index (κ2) is 6.87. The van der Waals surface area contributed by atoms with Gasteiger partial charge in [0.2, 0.25) is 0 Å². The SMILES string of the molecule is C=Cc1nc(-c2cccc(-c3cccc4c3CCC4)c2F)ccc1CC. The molecule has 0 radical (unpaired) electrons. The summed E-state index contributed by atoms with van der Waals surface area (Å²) in [6, 6.07) is 15.8. The zero-order chi connectivity index (χ0) is 18.1. The van der Waals surface area contributed by atoms with E-state index >= 15 is 4.39 Å². The Morgan fingerprint density at radius 2 is 1.77 bits per heavy atom. The van der Waals surface area contributed by atoms with Crippen LogP contribution in [0.5, 0.6) is 0 Å². The van der Waals surface area contributed by atoms with Gasteiger partial charge in [0.25, 0.3) is 0 Å². The van der Waals surface area contributed by atoms with Gasteiger partial charge in [-0.3, -0.25) is 0 Å². The summed E-state index contributed by atoms with van der Waals surface area (Å²) in [5.41, 5.74) is 7.50. The summed E-state index contributed by atoms with van der Waals surface area (Å²) in [7, 11) is 0. The summed E-state index contributed by atoms with van der Waals surface area (Å²) in [6.07, 6.45) is 5.89. The molecule has 0 aliphatic heterocycles. The van der Waals surface area contributed by atoms with E-state index in [-0.39, 0.29) is 5.82 Å². The highest BCUT2D eigenvalue weighted by Gasteiger charge is 2.19. The van der Waals surface area contributed by atoms with E-state index in [0.29, 0.717) is 16.8 Å². The molecule has 1 aliphatic carbocycles. The van der Waals surface area contributed by atoms with Gasteiger partial charge in [-0.25, -0.2) is 9.37 Å². The van der Waals surface area contributed by atoms with Gasteiger partial charge < -0.3 is 0 Å². The fraction of sp³-hybridized carbons (Fsp3) is 0.208. The molecule has 0 bridgehead atoms. The van der Waals surface area contributed by atoms with Crippen LogP contribution in [-0.2, 0) is 19.3 Å². The number of aryl methyl sites for hydroxylation is 2. The highest BCUT2D eigenvalue weighted by molar-refractivity contribution is 5.76. The Balaban J connectivity index is 1.85. The average Bonchev–Trinajstić information content (AvgIpc) is 3.16. The Kier molecular flexibility index (Phi) is 4.42. The molecule has 1 aliphatic rings. The van der Waals surface area contributed by atoms with Crippen LogP contribution in [0.3, 0.4) is 0 Å². The molecule has 3 aromatic rings. The predicted octanol–water partition coefficient (Wildman–Crippen LogP) is 6.25. The lowest BCUT2D eigenvalue weighted by Gasteiger charge is -2.13. The zero-order valence-corrected chi connectivity index (χ0v) is 15.1. The topological polar surface area (TPSA) is 12.9 Å². The van der Waals surface area contributed by atoms with Crippen LogP contribution in [0, 0.1) is 5.82 Å². The Hall–Kier alpha value is -2.74. The first-order valence-corrected chi connectivity index (χ1v) is 9.25. The minimum Gasteiger partial charge on any atom is -0.248 e. The van der Waals surface area contributed by atoms with Crippen molar-refractivity contribution >= 4 is 6.08 Å². The molecule has 130 valence electrons. The van der Waals surface area contributed by atoms with Crippen LogP contribution in [0.25, 0.3) is 28.5 Å². The van der Waals surface area contributed by atoms with E-state index in [2.05, 4.69) is 24.6 Å². The summed E-state index contributed by atoms with van der Waals surface area (Å²) in [4.78, 5) is 4.64. The first-order chi connectivity index (χ1) is 12.7. The van der Waals surface area contributed by atoms with Crippen molar-refractivity contribution in [2.24, 2.45) is 0 Å². The third-order valence-corrected chi connectivity index (χ3v) is 5.30. The van der Waals surface area contributed by atoms with E-state index in [9.17, 15) is 0 Å². The lowest BCUT2D eigenvalue weighted by atomic mass is 9.94. The molecule has 0 unspecified atom stereocenters. The highest BCUT2D eigenvalue weighted by Crippen LogP contribution is 2.36. The number of halogens is 1. The normalized spacial score (nSPS) is 12.8. The van der Waals surface area contributed by atoms with Crippen molar-refractivity contribution < 1.29 is 4.39 Å². The molecular weight excluding hydrogens is 321 g/mol. The van der Waals surface area contributed by atoms with Gasteiger partial charge >= 0.3 is 0 Å². The smallest absolute Gasteiger partial charge is 0.140 e. The molecule has 0 spiro atoms. The molecule has 0 amide bonds. The molecule has 4 rings (SSSR count). The minimum absolute atomic E-state index is 0.195. The van der Waals surface area contributed by atoms with Crippen molar-refractivity contribution in [2.75, 3.05) is 0 Å². The summed E-state index contributed by atoms with van der Waals surface area (Å²) < 4.78 is 15.5. The predicted molar refractivity (Wildman–Crippen MR) is 107 cm³/mol. The van der Waals surface area contributed by atoms with Gasteiger partial charge in [0.1, 0.15) is 5.82 Å². The van der Waals surface area contributed by atoms with Crippen molar-refractivity contribution in [3.05, 3.63) is 83.3 Å². The van der Waals surface area contributed by atoms with Crippen LogP contribution in [0.2, 0.25) is 0 Å². The Morgan fingerprint density at radius 1 is 1.00 bits per heavy atom. The van der Waals surface area contributed by atoms with Crippen molar-refractivity contribution in [3.63, 3.8) is 0 Å². The van der Waals surface area contributed by atoms with E-state index in [1.54, 1.807) is 6.08 Å². The van der Waals surface area contributed by atoms with E-state index in [1.165, 1.54) is 11.1 Å². The number of benzene rings is 2. The number of hydrogen-bond donors (Lipinski definition) is 0. The highest BCUT2D eigenvalue weighted by atomic mass is 19.1. The molecule has 2 heteroatoms. The molecule has 1 heterocycles. The maximum Gasteiger partial charge on any atom is 0.140 e. The lowest BCUT2D eigenvalue weighted by Crippen LogP contribution is -1.97. The van der Waals surface area contributed by atoms with E-state index in [1.807, 2.05) is 42.5 Å². The molecule has 0 saturated carbocycles. The first kappa shape index (κ1) is 16.7. The molecule has 26 heavy (non-hydrogen) atoms. The molecule has 0 N–H and O–H groups in total. The van der Waals surface area contributed by atoms with Crippen LogP contribution < -0.4 is 0 Å². The number of hydrogen-bond acceptors (Lipinski definition) is 1. The van der Waals surface area contributed by atoms with Crippen molar-refractivity contribution in [1.29, 1.82) is 0 Å². The van der Waals surface area contributed by atoms with Gasteiger partial charge in [-0.05, 0) is 66.1 Å². The number of rotatable bonds is 4. The Bertz CT molecular complexity index is 987. The maximum absolute atomic E-state index is 15.5. The third-order valence-electron chi connectivity index (χ3n) is 5.30. The lowest BCUT2D eigenvalue weighted by molar-refractivity contribution is 0.634. The van der Waals surface area contributed by atoms with E-state index in [4.69, 9.17) is 0 Å². The number of fused-ring (bicyclic) bond motifs is 1. The van der Waals surface area contributed by atoms with Crippen LogP contribution in [-0.4, -0.2) is 4.98 Å². The molecular formula is C24H22FN. The summed E-state index contributed by atoms with van der Waals surface area (Å²) in [5, 5.41) is 0. The standard InChI is InChI=1S/C24H22FN/c1-3-16-14-15-23(26-22(16)4-2)21-13-7-12-20(24(21)25)19-11-6-9-17-8-5-10-18(17)19/h4,6-7,9,11-15H,2-3,5,8,10H2,1H3. The molecule has 2 aromatic carbocycles. The first-order valence-electron chi connectivity index (χ1n) is 9.25. The summed E-state index contributed by atoms with van der Waals surface area (Å²) in [5.74, 6) is -0.195. The van der Waals surface area contributed by atoms with Crippen molar-refractivity contribution in [3.8, 4) is 22.4 Å². The number of nitrogens with zero attached hydrogens (tertiary/aromatic N) is 1. The van der Waals surface area contributed by atoms with Crippen molar-refractivity contribution in [1.82, 2.24) is 4.98 Å². The number of aromatic nitrogens is 1. The molecule has 0 atom stereocenters. The maximum atomic E-state index is 15.5. The second-order valence-corrected chi connectivity index (χ2v) is 6.76. The average molecular weight is 343 g/mol. The van der Waals surface area contributed by atoms with Gasteiger partial charge in [-0.15, -0.1) is 0 Å². The van der Waals surface area contributed by atoms with Crippen LogP contribution in [0.15, 0.2) is 55.1 Å². The fourth-order valence-corrected chi connectivity index (χ4v) is 3.94. The molecule has 1 nitrogen and oxygen atoms in total. The van der Waals surface area contributed by atoms with Crippen LogP contribution in [0.1, 0.15) is 35.7 Å². The van der Waals surface area contributed by atoms with Gasteiger partial charge in [-0.1, -0.05) is 49.9 Å². The van der Waals surface area contributed by atoms with Gasteiger partial charge in [0.15, 0.2) is 0 Å². The van der Waals surface area contributed by atoms with Crippen molar-refractivity contribution in [2.45, 2.75) is 32.6 Å². The minimum atomic E-state index is -0.195. The summed E-state index contributed by atoms with van der Waals surface area (Å²) >= 11 is 0.